The summed E-state index contributed by atoms with van der Waals surface area (Å²) in [5, 5.41) is 0. The highest BCUT2D eigenvalue weighted by Crippen LogP contribution is 2.29. The van der Waals surface area contributed by atoms with Crippen LogP contribution in [0.15, 0.2) is 23.1 Å². The zero-order valence-electron chi connectivity index (χ0n) is 8.52. The van der Waals surface area contributed by atoms with E-state index in [9.17, 15) is 4.39 Å². The quantitative estimate of drug-likeness (QED) is 0.618. The monoisotopic (exact) mass is 198 g/mol. The molecule has 1 rings (SSSR count). The molecule has 0 aromatic heterocycles. The number of thioether (sulfide) groups is 1. The van der Waals surface area contributed by atoms with Gasteiger partial charge in [-0.1, -0.05) is 32.9 Å². The third kappa shape index (κ3) is 2.25. The number of benzene rings is 1. The van der Waals surface area contributed by atoms with E-state index in [2.05, 4.69) is 0 Å². The van der Waals surface area contributed by atoms with Crippen LogP contribution in [0.5, 0.6) is 0 Å². The van der Waals surface area contributed by atoms with Gasteiger partial charge in [-0.15, -0.1) is 11.8 Å². The molecule has 0 aliphatic rings. The molecule has 0 atom stereocenters. The Balaban J connectivity index is 3.24. The Hall–Kier alpha value is -0.500. The summed E-state index contributed by atoms with van der Waals surface area (Å²) in [5.41, 5.74) is 0.676. The van der Waals surface area contributed by atoms with Gasteiger partial charge in [0.05, 0.1) is 0 Å². The number of rotatable bonds is 1. The lowest BCUT2D eigenvalue weighted by Gasteiger charge is -2.20. The predicted octanol–water partition coefficient (Wildman–Crippen LogP) is 3.85. The van der Waals surface area contributed by atoms with Crippen LogP contribution < -0.4 is 0 Å². The summed E-state index contributed by atoms with van der Waals surface area (Å²) in [7, 11) is 0. The molecular formula is C11H15FS. The summed E-state index contributed by atoms with van der Waals surface area (Å²) in [5.74, 6) is -0.0671. The van der Waals surface area contributed by atoms with E-state index in [0.29, 0.717) is 0 Å². The highest BCUT2D eigenvalue weighted by atomic mass is 32.2. The molecule has 0 aliphatic heterocycles. The van der Waals surface area contributed by atoms with E-state index in [1.165, 1.54) is 11.8 Å². The van der Waals surface area contributed by atoms with Gasteiger partial charge in [-0.25, -0.2) is 4.39 Å². The molecule has 0 bridgehead atoms. The maximum Gasteiger partial charge on any atom is 0.140 e. The molecule has 0 N–H and O–H groups in total. The molecule has 0 amide bonds. The molecule has 2 heteroatoms. The van der Waals surface area contributed by atoms with E-state index in [1.807, 2.05) is 45.2 Å². The summed E-state index contributed by atoms with van der Waals surface area (Å²) in [6, 6.07) is 5.58. The maximum absolute atomic E-state index is 13.7. The van der Waals surface area contributed by atoms with Gasteiger partial charge in [-0.05, 0) is 23.3 Å². The van der Waals surface area contributed by atoms with Gasteiger partial charge < -0.3 is 0 Å². The van der Waals surface area contributed by atoms with Crippen molar-refractivity contribution in [2.45, 2.75) is 31.1 Å². The fraction of sp³-hybridized carbons (Fsp3) is 0.455. The average Bonchev–Trinajstić information content (AvgIpc) is 2.02. The predicted molar refractivity (Wildman–Crippen MR) is 56.9 cm³/mol. The highest BCUT2D eigenvalue weighted by molar-refractivity contribution is 7.98. The minimum Gasteiger partial charge on any atom is -0.205 e. The van der Waals surface area contributed by atoms with Crippen LogP contribution in [0.4, 0.5) is 4.39 Å². The van der Waals surface area contributed by atoms with Crippen LogP contribution in [0.25, 0.3) is 0 Å². The lowest BCUT2D eigenvalue weighted by Crippen LogP contribution is -2.13. The summed E-state index contributed by atoms with van der Waals surface area (Å²) in [6.45, 7) is 6.07. The molecule has 0 spiro atoms. The minimum absolute atomic E-state index is 0.0671. The first kappa shape index (κ1) is 10.6. The third-order valence-electron chi connectivity index (χ3n) is 1.99. The molecule has 0 aliphatic carbocycles. The van der Waals surface area contributed by atoms with E-state index < -0.39 is 0 Å². The molecule has 0 saturated heterocycles. The van der Waals surface area contributed by atoms with Gasteiger partial charge in [-0.3, -0.25) is 0 Å². The Bertz CT molecular complexity index is 299. The Kier molecular flexibility index (Phi) is 3.01. The number of halogens is 1. The van der Waals surface area contributed by atoms with Gasteiger partial charge in [0.2, 0.25) is 0 Å². The Morgan fingerprint density at radius 1 is 1.23 bits per heavy atom. The molecule has 0 saturated carbocycles. The second kappa shape index (κ2) is 3.70. The maximum atomic E-state index is 13.7. The van der Waals surface area contributed by atoms with Crippen molar-refractivity contribution < 1.29 is 4.39 Å². The fourth-order valence-corrected chi connectivity index (χ4v) is 1.75. The van der Waals surface area contributed by atoms with Crippen LogP contribution in [0.2, 0.25) is 0 Å². The minimum atomic E-state index is -0.115. The Labute approximate surface area is 83.5 Å². The Morgan fingerprint density at radius 3 is 2.31 bits per heavy atom. The molecule has 0 nitrogen and oxygen atoms in total. The SMILES string of the molecule is CSc1cccc(C(C)(C)C)c1F. The van der Waals surface area contributed by atoms with E-state index >= 15 is 0 Å². The van der Waals surface area contributed by atoms with E-state index in [-0.39, 0.29) is 11.2 Å². The number of hydrogen-bond donors (Lipinski definition) is 0. The number of hydrogen-bond acceptors (Lipinski definition) is 1. The molecule has 0 unspecified atom stereocenters. The summed E-state index contributed by atoms with van der Waals surface area (Å²) in [4.78, 5) is 0.729. The summed E-state index contributed by atoms with van der Waals surface area (Å²) < 4.78 is 13.7. The molecule has 0 fully saturated rings. The molecule has 1 aromatic carbocycles. The van der Waals surface area contributed by atoms with Crippen molar-refractivity contribution in [3.05, 3.63) is 29.6 Å². The van der Waals surface area contributed by atoms with Crippen molar-refractivity contribution in [3.63, 3.8) is 0 Å². The third-order valence-corrected chi connectivity index (χ3v) is 2.75. The topological polar surface area (TPSA) is 0 Å². The fourth-order valence-electron chi connectivity index (χ4n) is 1.25. The summed E-state index contributed by atoms with van der Waals surface area (Å²) >= 11 is 1.45. The van der Waals surface area contributed by atoms with Crippen molar-refractivity contribution in [2.75, 3.05) is 6.26 Å². The molecule has 1 aromatic rings. The van der Waals surface area contributed by atoms with Gasteiger partial charge in [-0.2, -0.15) is 0 Å². The van der Waals surface area contributed by atoms with Crippen molar-refractivity contribution in [1.82, 2.24) is 0 Å². The largest absolute Gasteiger partial charge is 0.205 e. The van der Waals surface area contributed by atoms with E-state index in [0.717, 1.165) is 10.5 Å². The van der Waals surface area contributed by atoms with Crippen molar-refractivity contribution in [3.8, 4) is 0 Å². The van der Waals surface area contributed by atoms with Gasteiger partial charge in [0.15, 0.2) is 0 Å². The van der Waals surface area contributed by atoms with Crippen molar-refractivity contribution >= 4 is 11.8 Å². The van der Waals surface area contributed by atoms with Crippen LogP contribution in [0.3, 0.4) is 0 Å². The molecule has 13 heavy (non-hydrogen) atoms. The van der Waals surface area contributed by atoms with Crippen LogP contribution in [0.1, 0.15) is 26.3 Å². The first-order valence-electron chi connectivity index (χ1n) is 4.30. The highest BCUT2D eigenvalue weighted by Gasteiger charge is 2.19. The van der Waals surface area contributed by atoms with Gasteiger partial charge in [0.1, 0.15) is 5.82 Å². The van der Waals surface area contributed by atoms with Gasteiger partial charge >= 0.3 is 0 Å². The van der Waals surface area contributed by atoms with Gasteiger partial charge in [0.25, 0.3) is 0 Å². The van der Waals surface area contributed by atoms with Gasteiger partial charge in [0, 0.05) is 4.90 Å². The molecule has 72 valence electrons. The lowest BCUT2D eigenvalue weighted by atomic mass is 9.87. The molecule has 0 radical (unpaired) electrons. The van der Waals surface area contributed by atoms with E-state index in [4.69, 9.17) is 0 Å². The smallest absolute Gasteiger partial charge is 0.140 e. The van der Waals surface area contributed by atoms with Crippen molar-refractivity contribution in [1.29, 1.82) is 0 Å². The molecule has 0 heterocycles. The second-order valence-corrected chi connectivity index (χ2v) is 4.92. The normalized spacial score (nSPS) is 11.8. The van der Waals surface area contributed by atoms with Crippen molar-refractivity contribution in [2.24, 2.45) is 0 Å². The Morgan fingerprint density at radius 2 is 1.85 bits per heavy atom. The van der Waals surface area contributed by atoms with Crippen LogP contribution in [-0.2, 0) is 5.41 Å². The zero-order chi connectivity index (χ0) is 10.1. The van der Waals surface area contributed by atoms with Crippen LogP contribution >= 0.6 is 11.8 Å². The van der Waals surface area contributed by atoms with Crippen LogP contribution in [-0.4, -0.2) is 6.26 Å². The second-order valence-electron chi connectivity index (χ2n) is 4.07. The molecular weight excluding hydrogens is 183 g/mol. The van der Waals surface area contributed by atoms with Crippen LogP contribution in [0, 0.1) is 5.82 Å². The first-order chi connectivity index (χ1) is 5.96. The first-order valence-corrected chi connectivity index (χ1v) is 5.52. The summed E-state index contributed by atoms with van der Waals surface area (Å²) in [6.07, 6.45) is 1.89. The average molecular weight is 198 g/mol. The standard InChI is InChI=1S/C11H15FS/c1-11(2,3)8-6-5-7-9(13-4)10(8)12/h5-7H,1-4H3. The zero-order valence-corrected chi connectivity index (χ0v) is 9.33. The lowest BCUT2D eigenvalue weighted by molar-refractivity contribution is 0.509. The van der Waals surface area contributed by atoms with E-state index in [1.54, 1.807) is 0 Å².